The van der Waals surface area contributed by atoms with Gasteiger partial charge in [0.2, 0.25) is 5.95 Å². The molecular formula is C12H16N4O3S. The Labute approximate surface area is 117 Å². The van der Waals surface area contributed by atoms with Gasteiger partial charge in [-0.05, 0) is 12.5 Å². The summed E-state index contributed by atoms with van der Waals surface area (Å²) >= 11 is 0. The van der Waals surface area contributed by atoms with E-state index in [0.29, 0.717) is 13.0 Å². The molecule has 1 aromatic rings. The molecule has 0 aromatic carbocycles. The Morgan fingerprint density at radius 3 is 3.00 bits per heavy atom. The minimum atomic E-state index is -2.96. The average molecular weight is 296 g/mol. The van der Waals surface area contributed by atoms with Crippen molar-refractivity contribution in [3.8, 4) is 0 Å². The van der Waals surface area contributed by atoms with Gasteiger partial charge in [-0.1, -0.05) is 6.08 Å². The molecule has 1 amide bonds. The summed E-state index contributed by atoms with van der Waals surface area (Å²) in [6, 6.07) is 1.29. The van der Waals surface area contributed by atoms with Crippen LogP contribution >= 0.6 is 0 Å². The van der Waals surface area contributed by atoms with E-state index in [1.54, 1.807) is 6.08 Å². The van der Waals surface area contributed by atoms with Crippen molar-refractivity contribution < 1.29 is 13.2 Å². The number of rotatable bonds is 5. The fourth-order valence-corrected chi connectivity index (χ4v) is 3.57. The van der Waals surface area contributed by atoms with E-state index in [1.165, 1.54) is 12.3 Å². The zero-order valence-corrected chi connectivity index (χ0v) is 11.7. The molecule has 0 bridgehead atoms. The summed E-state index contributed by atoms with van der Waals surface area (Å²) in [5.41, 5.74) is 0.227. The molecule has 8 heteroatoms. The second-order valence-electron chi connectivity index (χ2n) is 4.51. The monoisotopic (exact) mass is 296 g/mol. The molecule has 1 aliphatic heterocycles. The third-order valence-corrected chi connectivity index (χ3v) is 4.63. The molecule has 2 heterocycles. The van der Waals surface area contributed by atoms with Crippen LogP contribution in [0.5, 0.6) is 0 Å². The molecule has 1 atom stereocenters. The lowest BCUT2D eigenvalue weighted by atomic mass is 10.3. The summed E-state index contributed by atoms with van der Waals surface area (Å²) in [6.07, 6.45) is 3.56. The summed E-state index contributed by atoms with van der Waals surface area (Å²) in [5.74, 6) is 0.181. The number of anilines is 1. The second-order valence-corrected chi connectivity index (χ2v) is 6.74. The van der Waals surface area contributed by atoms with Crippen molar-refractivity contribution in [2.45, 2.75) is 12.5 Å². The highest BCUT2D eigenvalue weighted by Gasteiger charge is 2.28. The van der Waals surface area contributed by atoms with Gasteiger partial charge in [-0.2, -0.15) is 0 Å². The van der Waals surface area contributed by atoms with Crippen molar-refractivity contribution in [1.29, 1.82) is 0 Å². The molecule has 0 radical (unpaired) electrons. The highest BCUT2D eigenvalue weighted by atomic mass is 32.2. The van der Waals surface area contributed by atoms with E-state index in [4.69, 9.17) is 0 Å². The van der Waals surface area contributed by atoms with Crippen molar-refractivity contribution >= 4 is 21.7 Å². The van der Waals surface area contributed by atoms with E-state index in [9.17, 15) is 13.2 Å². The van der Waals surface area contributed by atoms with Gasteiger partial charge in [-0.15, -0.1) is 6.58 Å². The number of hydrogen-bond acceptors (Lipinski definition) is 6. The van der Waals surface area contributed by atoms with Crippen LogP contribution in [0.4, 0.5) is 5.95 Å². The van der Waals surface area contributed by atoms with Crippen molar-refractivity contribution in [2.24, 2.45) is 0 Å². The maximum atomic E-state index is 11.7. The molecule has 2 rings (SSSR count). The number of aromatic nitrogens is 2. The SMILES string of the molecule is C=CCNC(=O)c1ccnc(NC2CCS(=O)(=O)C2)n1. The standard InChI is InChI=1S/C12H16N4O3S/c1-2-5-13-11(17)10-3-6-14-12(16-10)15-9-4-7-20(18,19)8-9/h2-3,6,9H,1,4-5,7-8H2,(H,13,17)(H,14,15,16). The number of amides is 1. The van der Waals surface area contributed by atoms with Crippen LogP contribution in [0.1, 0.15) is 16.9 Å². The topological polar surface area (TPSA) is 101 Å². The summed E-state index contributed by atoms with van der Waals surface area (Å²) in [5, 5.41) is 5.56. The van der Waals surface area contributed by atoms with E-state index in [1.807, 2.05) is 0 Å². The van der Waals surface area contributed by atoms with Gasteiger partial charge >= 0.3 is 0 Å². The Hall–Kier alpha value is -1.96. The molecule has 2 N–H and O–H groups in total. The lowest BCUT2D eigenvalue weighted by molar-refractivity contribution is 0.0953. The third kappa shape index (κ3) is 3.77. The highest BCUT2D eigenvalue weighted by Crippen LogP contribution is 2.15. The second kappa shape index (κ2) is 6.00. The van der Waals surface area contributed by atoms with Crippen LogP contribution in [0.15, 0.2) is 24.9 Å². The fourth-order valence-electron chi connectivity index (χ4n) is 1.90. The van der Waals surface area contributed by atoms with Gasteiger partial charge in [0.25, 0.3) is 5.91 Å². The van der Waals surface area contributed by atoms with E-state index in [0.717, 1.165) is 0 Å². The number of carbonyl (C=O) groups excluding carboxylic acids is 1. The third-order valence-electron chi connectivity index (χ3n) is 2.86. The van der Waals surface area contributed by atoms with Crippen LogP contribution in [0.25, 0.3) is 0 Å². The molecule has 108 valence electrons. The van der Waals surface area contributed by atoms with Gasteiger partial charge in [0, 0.05) is 18.8 Å². The summed E-state index contributed by atoms with van der Waals surface area (Å²) in [6.45, 7) is 3.86. The Morgan fingerprint density at radius 2 is 2.35 bits per heavy atom. The van der Waals surface area contributed by atoms with Gasteiger partial charge in [0.15, 0.2) is 9.84 Å². The molecule has 0 saturated carbocycles. The molecular weight excluding hydrogens is 280 g/mol. The number of nitrogens with one attached hydrogen (secondary N) is 2. The predicted molar refractivity (Wildman–Crippen MR) is 75.2 cm³/mol. The molecule has 1 aromatic heterocycles. The van der Waals surface area contributed by atoms with Crippen LogP contribution in [-0.4, -0.2) is 48.4 Å². The minimum absolute atomic E-state index is 0.0727. The summed E-state index contributed by atoms with van der Waals surface area (Å²) in [4.78, 5) is 19.8. The lowest BCUT2D eigenvalue weighted by Crippen LogP contribution is -2.26. The van der Waals surface area contributed by atoms with E-state index >= 15 is 0 Å². The van der Waals surface area contributed by atoms with Crippen LogP contribution in [-0.2, 0) is 9.84 Å². The van der Waals surface area contributed by atoms with Crippen LogP contribution < -0.4 is 10.6 Å². The van der Waals surface area contributed by atoms with Crippen LogP contribution in [0.2, 0.25) is 0 Å². The van der Waals surface area contributed by atoms with Gasteiger partial charge in [0.05, 0.1) is 11.5 Å². The number of hydrogen-bond donors (Lipinski definition) is 2. The quantitative estimate of drug-likeness (QED) is 0.741. The predicted octanol–water partition coefficient (Wildman–Crippen LogP) is -0.00860. The van der Waals surface area contributed by atoms with Crippen molar-refractivity contribution in [2.75, 3.05) is 23.4 Å². The average Bonchev–Trinajstić information content (AvgIpc) is 2.75. The van der Waals surface area contributed by atoms with Gasteiger partial charge in [-0.25, -0.2) is 18.4 Å². The Morgan fingerprint density at radius 1 is 1.55 bits per heavy atom. The van der Waals surface area contributed by atoms with E-state index < -0.39 is 9.84 Å². The number of carbonyl (C=O) groups is 1. The zero-order chi connectivity index (χ0) is 14.6. The molecule has 0 spiro atoms. The van der Waals surface area contributed by atoms with Crippen LogP contribution in [0.3, 0.4) is 0 Å². The fraction of sp³-hybridized carbons (Fsp3) is 0.417. The van der Waals surface area contributed by atoms with Crippen molar-refractivity contribution in [3.05, 3.63) is 30.6 Å². The lowest BCUT2D eigenvalue weighted by Gasteiger charge is -2.11. The largest absolute Gasteiger partial charge is 0.350 e. The summed E-state index contributed by atoms with van der Waals surface area (Å²) < 4.78 is 22.7. The smallest absolute Gasteiger partial charge is 0.270 e. The van der Waals surface area contributed by atoms with Crippen molar-refractivity contribution in [1.82, 2.24) is 15.3 Å². The van der Waals surface area contributed by atoms with Crippen LogP contribution in [0, 0.1) is 0 Å². The summed E-state index contributed by atoms with van der Waals surface area (Å²) in [7, 11) is -2.96. The van der Waals surface area contributed by atoms with Crippen molar-refractivity contribution in [3.63, 3.8) is 0 Å². The van der Waals surface area contributed by atoms with Gasteiger partial charge < -0.3 is 10.6 Å². The molecule has 0 aliphatic carbocycles. The van der Waals surface area contributed by atoms with Gasteiger partial charge in [-0.3, -0.25) is 4.79 Å². The molecule has 1 unspecified atom stereocenters. The number of nitrogens with zero attached hydrogens (tertiary/aromatic N) is 2. The Kier molecular flexibility index (Phi) is 4.33. The first-order valence-corrected chi connectivity index (χ1v) is 8.01. The first-order chi connectivity index (χ1) is 9.50. The maximum Gasteiger partial charge on any atom is 0.270 e. The number of sulfone groups is 1. The Balaban J connectivity index is 2.03. The first kappa shape index (κ1) is 14.4. The van der Waals surface area contributed by atoms with E-state index in [-0.39, 0.29) is 35.1 Å². The van der Waals surface area contributed by atoms with E-state index in [2.05, 4.69) is 27.2 Å². The highest BCUT2D eigenvalue weighted by molar-refractivity contribution is 7.91. The first-order valence-electron chi connectivity index (χ1n) is 6.19. The normalized spacial score (nSPS) is 20.3. The maximum absolute atomic E-state index is 11.7. The molecule has 1 saturated heterocycles. The molecule has 1 fully saturated rings. The zero-order valence-electron chi connectivity index (χ0n) is 10.9. The minimum Gasteiger partial charge on any atom is -0.350 e. The molecule has 20 heavy (non-hydrogen) atoms. The molecule has 1 aliphatic rings. The molecule has 7 nitrogen and oxygen atoms in total. The Bertz CT molecular complexity index is 615. The van der Waals surface area contributed by atoms with Gasteiger partial charge in [0.1, 0.15) is 5.69 Å².